The van der Waals surface area contributed by atoms with Gasteiger partial charge in [-0.15, -0.1) is 0 Å². The molecule has 2 aliphatic rings. The predicted molar refractivity (Wildman–Crippen MR) is 57.8 cm³/mol. The average Bonchev–Trinajstić information content (AvgIpc) is 2.18. The summed E-state index contributed by atoms with van der Waals surface area (Å²) in [4.78, 5) is 0. The Morgan fingerprint density at radius 2 is 1.62 bits per heavy atom. The van der Waals surface area contributed by atoms with Gasteiger partial charge in [0.2, 0.25) is 0 Å². The van der Waals surface area contributed by atoms with Crippen molar-refractivity contribution in [2.45, 2.75) is 71.1 Å². The van der Waals surface area contributed by atoms with E-state index in [1.165, 1.54) is 38.5 Å². The molecule has 2 fully saturated rings. The molecule has 0 N–H and O–H groups in total. The second-order valence-corrected chi connectivity index (χ2v) is 5.30. The summed E-state index contributed by atoms with van der Waals surface area (Å²) in [5.74, 6) is 1.12. The smallest absolute Gasteiger partial charge is 0.0269 e. The standard InChI is InChI=1S/C13H24/c1-2-9-13-10-5-3-7-12(13)8-4-6-11-13/h12H,2-11H2,1H3. The molecule has 0 aromatic heterocycles. The number of hydrogen-bond acceptors (Lipinski definition) is 0. The maximum atomic E-state index is 2.37. The lowest BCUT2D eigenvalue weighted by atomic mass is 9.58. The molecule has 0 nitrogen and oxygen atoms in total. The lowest BCUT2D eigenvalue weighted by Crippen LogP contribution is -2.36. The summed E-state index contributed by atoms with van der Waals surface area (Å²) in [7, 11) is 0. The van der Waals surface area contributed by atoms with E-state index in [0.29, 0.717) is 0 Å². The number of rotatable bonds is 2. The van der Waals surface area contributed by atoms with Gasteiger partial charge in [-0.05, 0) is 43.4 Å². The molecule has 0 heterocycles. The SMILES string of the molecule is CCCC12CCCCC1CCCC2. The first kappa shape index (κ1) is 9.55. The molecule has 0 heteroatoms. The van der Waals surface area contributed by atoms with Crippen LogP contribution in [-0.4, -0.2) is 0 Å². The van der Waals surface area contributed by atoms with E-state index in [9.17, 15) is 0 Å². The third kappa shape index (κ3) is 1.78. The molecule has 13 heavy (non-hydrogen) atoms. The predicted octanol–water partition coefficient (Wildman–Crippen LogP) is 4.54. The van der Waals surface area contributed by atoms with Gasteiger partial charge < -0.3 is 0 Å². The Bertz CT molecular complexity index is 142. The molecule has 0 bridgehead atoms. The Morgan fingerprint density at radius 1 is 1.00 bits per heavy atom. The lowest BCUT2D eigenvalue weighted by Gasteiger charge is -2.48. The van der Waals surface area contributed by atoms with E-state index in [0.717, 1.165) is 11.3 Å². The van der Waals surface area contributed by atoms with E-state index in [2.05, 4.69) is 6.92 Å². The molecule has 0 aliphatic heterocycles. The van der Waals surface area contributed by atoms with Crippen molar-refractivity contribution < 1.29 is 0 Å². The van der Waals surface area contributed by atoms with Crippen molar-refractivity contribution in [3.63, 3.8) is 0 Å². The zero-order valence-electron chi connectivity index (χ0n) is 9.15. The fourth-order valence-electron chi connectivity index (χ4n) is 3.98. The van der Waals surface area contributed by atoms with Gasteiger partial charge in [0, 0.05) is 0 Å². The van der Waals surface area contributed by atoms with E-state index in [1.54, 1.807) is 25.7 Å². The molecule has 0 spiro atoms. The molecule has 2 aliphatic carbocycles. The van der Waals surface area contributed by atoms with Gasteiger partial charge in [-0.1, -0.05) is 39.0 Å². The Labute approximate surface area is 83.1 Å². The number of fused-ring (bicyclic) bond motifs is 1. The quantitative estimate of drug-likeness (QED) is 0.585. The molecule has 0 radical (unpaired) electrons. The summed E-state index contributed by atoms with van der Waals surface area (Å²) in [6.45, 7) is 2.37. The van der Waals surface area contributed by atoms with Crippen LogP contribution in [0.3, 0.4) is 0 Å². The fourth-order valence-corrected chi connectivity index (χ4v) is 3.98. The summed E-state index contributed by atoms with van der Waals surface area (Å²) in [6.07, 6.45) is 15.3. The molecule has 0 aromatic carbocycles. The molecule has 76 valence electrons. The van der Waals surface area contributed by atoms with Crippen molar-refractivity contribution in [1.29, 1.82) is 0 Å². The van der Waals surface area contributed by atoms with Gasteiger partial charge in [-0.3, -0.25) is 0 Å². The normalized spacial score (nSPS) is 39.9. The van der Waals surface area contributed by atoms with Crippen LogP contribution in [0.1, 0.15) is 71.1 Å². The van der Waals surface area contributed by atoms with Gasteiger partial charge in [0.25, 0.3) is 0 Å². The van der Waals surface area contributed by atoms with Crippen LogP contribution in [0.4, 0.5) is 0 Å². The molecule has 0 atom stereocenters. The minimum absolute atomic E-state index is 0.825. The first-order chi connectivity index (χ1) is 6.37. The summed E-state index contributed by atoms with van der Waals surface area (Å²) in [6, 6.07) is 0. The zero-order chi connectivity index (χ0) is 9.15. The van der Waals surface area contributed by atoms with Gasteiger partial charge in [0.15, 0.2) is 0 Å². The van der Waals surface area contributed by atoms with E-state index in [-0.39, 0.29) is 0 Å². The molecular formula is C13H24. The van der Waals surface area contributed by atoms with Gasteiger partial charge in [-0.2, -0.15) is 0 Å². The van der Waals surface area contributed by atoms with Crippen LogP contribution in [0.2, 0.25) is 0 Å². The summed E-state index contributed by atoms with van der Waals surface area (Å²) in [5.41, 5.74) is 0.825. The average molecular weight is 180 g/mol. The van der Waals surface area contributed by atoms with Crippen LogP contribution in [0.5, 0.6) is 0 Å². The maximum absolute atomic E-state index is 2.37. The first-order valence-corrected chi connectivity index (χ1v) is 6.37. The van der Waals surface area contributed by atoms with Crippen molar-refractivity contribution in [3.8, 4) is 0 Å². The van der Waals surface area contributed by atoms with Crippen LogP contribution in [0.15, 0.2) is 0 Å². The monoisotopic (exact) mass is 180 g/mol. The number of hydrogen-bond donors (Lipinski definition) is 0. The van der Waals surface area contributed by atoms with E-state index >= 15 is 0 Å². The largest absolute Gasteiger partial charge is 0.0654 e. The van der Waals surface area contributed by atoms with Gasteiger partial charge in [-0.25, -0.2) is 0 Å². The topological polar surface area (TPSA) is 0 Å². The van der Waals surface area contributed by atoms with Crippen molar-refractivity contribution in [2.75, 3.05) is 0 Å². The van der Waals surface area contributed by atoms with Gasteiger partial charge in [0.05, 0.1) is 0 Å². The van der Waals surface area contributed by atoms with Crippen molar-refractivity contribution in [2.24, 2.45) is 11.3 Å². The Balaban J connectivity index is 2.06. The molecule has 0 aromatic rings. The second-order valence-electron chi connectivity index (χ2n) is 5.30. The first-order valence-electron chi connectivity index (χ1n) is 6.37. The highest BCUT2D eigenvalue weighted by Gasteiger charge is 2.40. The summed E-state index contributed by atoms with van der Waals surface area (Å²) < 4.78 is 0. The highest BCUT2D eigenvalue weighted by molar-refractivity contribution is 4.92. The third-order valence-corrected chi connectivity index (χ3v) is 4.57. The van der Waals surface area contributed by atoms with Crippen LogP contribution < -0.4 is 0 Å². The van der Waals surface area contributed by atoms with E-state index < -0.39 is 0 Å². The molecule has 2 rings (SSSR count). The van der Waals surface area contributed by atoms with Crippen LogP contribution in [0, 0.1) is 11.3 Å². The van der Waals surface area contributed by atoms with Gasteiger partial charge >= 0.3 is 0 Å². The van der Waals surface area contributed by atoms with Crippen molar-refractivity contribution in [1.82, 2.24) is 0 Å². The minimum atomic E-state index is 0.825. The van der Waals surface area contributed by atoms with Crippen LogP contribution in [0.25, 0.3) is 0 Å². The van der Waals surface area contributed by atoms with Crippen molar-refractivity contribution >= 4 is 0 Å². The minimum Gasteiger partial charge on any atom is -0.0654 e. The summed E-state index contributed by atoms with van der Waals surface area (Å²) >= 11 is 0. The molecule has 0 unspecified atom stereocenters. The highest BCUT2D eigenvalue weighted by atomic mass is 14.5. The van der Waals surface area contributed by atoms with Gasteiger partial charge in [0.1, 0.15) is 0 Å². The lowest BCUT2D eigenvalue weighted by molar-refractivity contribution is 0.0355. The fraction of sp³-hybridized carbons (Fsp3) is 1.00. The molecule has 0 saturated heterocycles. The van der Waals surface area contributed by atoms with Crippen LogP contribution >= 0.6 is 0 Å². The maximum Gasteiger partial charge on any atom is -0.0269 e. The van der Waals surface area contributed by atoms with E-state index in [4.69, 9.17) is 0 Å². The molecular weight excluding hydrogens is 156 g/mol. The van der Waals surface area contributed by atoms with E-state index in [1.807, 2.05) is 0 Å². The van der Waals surface area contributed by atoms with Crippen molar-refractivity contribution in [3.05, 3.63) is 0 Å². The summed E-state index contributed by atoms with van der Waals surface area (Å²) in [5, 5.41) is 0. The molecule has 0 amide bonds. The Morgan fingerprint density at radius 3 is 2.15 bits per heavy atom. The highest BCUT2D eigenvalue weighted by Crippen LogP contribution is 2.52. The zero-order valence-corrected chi connectivity index (χ0v) is 9.15. The van der Waals surface area contributed by atoms with Crippen LogP contribution in [-0.2, 0) is 0 Å². The second kappa shape index (κ2) is 4.02. The molecule has 2 saturated carbocycles. The Hall–Kier alpha value is 0. The Kier molecular flexibility index (Phi) is 2.96. The third-order valence-electron chi connectivity index (χ3n) is 4.57.